The number of likely N-dealkylation sites (N-methyl/N-ethyl adjacent to an activating group) is 1. The van der Waals surface area contributed by atoms with E-state index in [9.17, 15) is 13.2 Å². The molecular formula is C24H26ClN5O4S2. The fourth-order valence-corrected chi connectivity index (χ4v) is 6.15. The number of fused-ring (bicyclic) bond motifs is 1. The van der Waals surface area contributed by atoms with Gasteiger partial charge in [-0.15, -0.1) is 11.3 Å². The Morgan fingerprint density at radius 2 is 1.94 bits per heavy atom. The van der Waals surface area contributed by atoms with E-state index in [1.807, 2.05) is 43.3 Å². The number of rotatable bonds is 10. The lowest BCUT2D eigenvalue weighted by Gasteiger charge is -2.11. The zero-order chi connectivity index (χ0) is 25.9. The van der Waals surface area contributed by atoms with Crippen molar-refractivity contribution in [3.8, 4) is 5.75 Å². The number of anilines is 1. The van der Waals surface area contributed by atoms with Crippen molar-refractivity contribution in [2.75, 3.05) is 39.0 Å². The van der Waals surface area contributed by atoms with E-state index in [4.69, 9.17) is 16.3 Å². The smallest absolute Gasteiger partial charge is 0.272 e. The fourth-order valence-electron chi connectivity index (χ4n) is 3.66. The standard InChI is InChI=1S/C24H26ClN5O4S2/c1-29(2)13-12-26-24(31)17-7-4-6-16(14-17)15-30-18-8-5-9-19(34-3)22(18)23(27-30)28-36(32,33)21-11-10-20(25)35-21/h4-11,14H,12-13,15H2,1-3H3,(H,26,31)(H,27,28). The van der Waals surface area contributed by atoms with Crippen molar-refractivity contribution >= 4 is 55.6 Å². The summed E-state index contributed by atoms with van der Waals surface area (Å²) in [5, 5.41) is 8.01. The molecule has 36 heavy (non-hydrogen) atoms. The van der Waals surface area contributed by atoms with Crippen LogP contribution in [0.4, 0.5) is 5.82 Å². The minimum absolute atomic E-state index is 0.0816. The number of sulfonamides is 1. The molecule has 0 spiro atoms. The van der Waals surface area contributed by atoms with Crippen LogP contribution in [0.25, 0.3) is 10.9 Å². The number of aromatic nitrogens is 2. The maximum absolute atomic E-state index is 13.0. The van der Waals surface area contributed by atoms with E-state index in [1.54, 1.807) is 22.9 Å². The first-order chi connectivity index (χ1) is 17.2. The van der Waals surface area contributed by atoms with Gasteiger partial charge in [0.25, 0.3) is 15.9 Å². The number of methoxy groups -OCH3 is 1. The van der Waals surface area contributed by atoms with Gasteiger partial charge >= 0.3 is 0 Å². The van der Waals surface area contributed by atoms with E-state index in [0.29, 0.717) is 39.6 Å². The van der Waals surface area contributed by atoms with E-state index in [2.05, 4.69) is 15.1 Å². The molecule has 4 aromatic rings. The molecule has 2 aromatic carbocycles. The Morgan fingerprint density at radius 3 is 2.64 bits per heavy atom. The molecule has 0 atom stereocenters. The number of ether oxygens (including phenoxy) is 1. The molecule has 0 unspecified atom stereocenters. The molecule has 0 saturated carbocycles. The van der Waals surface area contributed by atoms with Crippen molar-refractivity contribution in [1.82, 2.24) is 20.0 Å². The van der Waals surface area contributed by atoms with Crippen molar-refractivity contribution in [2.24, 2.45) is 0 Å². The molecule has 0 aliphatic carbocycles. The second-order valence-electron chi connectivity index (χ2n) is 8.28. The number of nitrogens with one attached hydrogen (secondary N) is 2. The van der Waals surface area contributed by atoms with Gasteiger partial charge in [0.2, 0.25) is 0 Å². The molecule has 2 heterocycles. The molecule has 9 nitrogen and oxygen atoms in total. The minimum Gasteiger partial charge on any atom is -0.496 e. The number of carbonyl (C=O) groups excluding carboxylic acids is 1. The lowest BCUT2D eigenvalue weighted by molar-refractivity contribution is 0.0951. The number of amides is 1. The third kappa shape index (κ3) is 5.81. The SMILES string of the molecule is COc1cccc2c1c(NS(=O)(=O)c1ccc(Cl)s1)nn2Cc1cccc(C(=O)NCCN(C)C)c1. The maximum Gasteiger partial charge on any atom is 0.272 e. The van der Waals surface area contributed by atoms with Gasteiger partial charge in [0.1, 0.15) is 9.96 Å². The molecule has 4 rings (SSSR count). The summed E-state index contributed by atoms with van der Waals surface area (Å²) in [5.41, 5.74) is 2.05. The van der Waals surface area contributed by atoms with Gasteiger partial charge in [-0.25, -0.2) is 8.42 Å². The molecule has 2 aromatic heterocycles. The predicted octanol–water partition coefficient (Wildman–Crippen LogP) is 3.90. The van der Waals surface area contributed by atoms with Crippen LogP contribution in [0, 0.1) is 0 Å². The summed E-state index contributed by atoms with van der Waals surface area (Å²) in [4.78, 5) is 14.6. The van der Waals surface area contributed by atoms with E-state index < -0.39 is 10.0 Å². The summed E-state index contributed by atoms with van der Waals surface area (Å²) in [7, 11) is 1.50. The Bertz CT molecular complexity index is 1500. The third-order valence-electron chi connectivity index (χ3n) is 5.37. The van der Waals surface area contributed by atoms with Crippen molar-refractivity contribution in [2.45, 2.75) is 10.8 Å². The highest BCUT2D eigenvalue weighted by Crippen LogP contribution is 2.35. The van der Waals surface area contributed by atoms with Crippen LogP contribution in [0.2, 0.25) is 4.34 Å². The van der Waals surface area contributed by atoms with E-state index >= 15 is 0 Å². The first kappa shape index (κ1) is 26.0. The summed E-state index contributed by atoms with van der Waals surface area (Å²) in [6.07, 6.45) is 0. The second kappa shape index (κ2) is 10.9. The predicted molar refractivity (Wildman–Crippen MR) is 143 cm³/mol. The lowest BCUT2D eigenvalue weighted by Crippen LogP contribution is -2.31. The Hall–Kier alpha value is -3.12. The van der Waals surface area contributed by atoms with E-state index in [0.717, 1.165) is 23.4 Å². The van der Waals surface area contributed by atoms with E-state index in [-0.39, 0.29) is 15.9 Å². The van der Waals surface area contributed by atoms with Crippen molar-refractivity contribution < 1.29 is 17.9 Å². The molecule has 0 aliphatic heterocycles. The first-order valence-electron chi connectivity index (χ1n) is 11.0. The number of halogens is 1. The van der Waals surface area contributed by atoms with Crippen LogP contribution in [-0.2, 0) is 16.6 Å². The molecule has 0 aliphatic rings. The summed E-state index contributed by atoms with van der Waals surface area (Å²) < 4.78 is 36.2. The lowest BCUT2D eigenvalue weighted by atomic mass is 10.1. The van der Waals surface area contributed by atoms with Gasteiger partial charge in [-0.2, -0.15) is 5.10 Å². The quantitative estimate of drug-likeness (QED) is 0.312. The van der Waals surface area contributed by atoms with Crippen LogP contribution in [0.15, 0.2) is 58.8 Å². The Kier molecular flexibility index (Phi) is 7.84. The van der Waals surface area contributed by atoms with Crippen LogP contribution < -0.4 is 14.8 Å². The second-order valence-corrected chi connectivity index (χ2v) is 11.9. The van der Waals surface area contributed by atoms with Crippen LogP contribution in [0.3, 0.4) is 0 Å². The molecule has 0 saturated heterocycles. The van der Waals surface area contributed by atoms with Gasteiger partial charge in [0, 0.05) is 18.7 Å². The molecule has 0 radical (unpaired) electrons. The largest absolute Gasteiger partial charge is 0.496 e. The number of hydrogen-bond donors (Lipinski definition) is 2. The Labute approximate surface area is 218 Å². The molecule has 0 bridgehead atoms. The number of carbonyl (C=O) groups is 1. The monoisotopic (exact) mass is 547 g/mol. The van der Waals surface area contributed by atoms with Gasteiger partial charge in [-0.05, 0) is 56.1 Å². The molecule has 190 valence electrons. The average molecular weight is 548 g/mol. The van der Waals surface area contributed by atoms with Gasteiger partial charge in [0.15, 0.2) is 5.82 Å². The molecule has 2 N–H and O–H groups in total. The zero-order valence-electron chi connectivity index (χ0n) is 20.0. The summed E-state index contributed by atoms with van der Waals surface area (Å²) in [6.45, 7) is 1.59. The van der Waals surface area contributed by atoms with Gasteiger partial charge in [0.05, 0.1) is 28.9 Å². The molecule has 12 heteroatoms. The minimum atomic E-state index is -3.91. The van der Waals surface area contributed by atoms with Crippen molar-refractivity contribution in [3.63, 3.8) is 0 Å². The highest BCUT2D eigenvalue weighted by atomic mass is 35.5. The number of benzene rings is 2. The number of nitrogens with zero attached hydrogens (tertiary/aromatic N) is 3. The summed E-state index contributed by atoms with van der Waals surface area (Å²) in [5.74, 6) is 0.466. The summed E-state index contributed by atoms with van der Waals surface area (Å²) >= 11 is 6.90. The molecular weight excluding hydrogens is 522 g/mol. The highest BCUT2D eigenvalue weighted by Gasteiger charge is 2.23. The summed E-state index contributed by atoms with van der Waals surface area (Å²) in [6, 6.07) is 15.6. The highest BCUT2D eigenvalue weighted by molar-refractivity contribution is 7.94. The molecule has 1 amide bonds. The van der Waals surface area contributed by atoms with Crippen LogP contribution in [-0.4, -0.2) is 63.3 Å². The number of hydrogen-bond acceptors (Lipinski definition) is 7. The van der Waals surface area contributed by atoms with E-state index in [1.165, 1.54) is 19.2 Å². The Balaban J connectivity index is 1.65. The van der Waals surface area contributed by atoms with Crippen molar-refractivity contribution in [1.29, 1.82) is 0 Å². The average Bonchev–Trinajstić information content (AvgIpc) is 3.43. The normalized spacial score (nSPS) is 11.7. The van der Waals surface area contributed by atoms with Crippen LogP contribution in [0.5, 0.6) is 5.75 Å². The van der Waals surface area contributed by atoms with Gasteiger partial charge in [-0.3, -0.25) is 14.2 Å². The first-order valence-corrected chi connectivity index (χ1v) is 13.7. The fraction of sp³-hybridized carbons (Fsp3) is 0.250. The van der Waals surface area contributed by atoms with Gasteiger partial charge < -0.3 is 15.0 Å². The van der Waals surface area contributed by atoms with Gasteiger partial charge in [-0.1, -0.05) is 29.8 Å². The maximum atomic E-state index is 13.0. The Morgan fingerprint density at radius 1 is 1.17 bits per heavy atom. The zero-order valence-corrected chi connectivity index (χ0v) is 22.4. The third-order valence-corrected chi connectivity index (χ3v) is 8.43. The molecule has 0 fully saturated rings. The van der Waals surface area contributed by atoms with Crippen molar-refractivity contribution in [3.05, 3.63) is 70.1 Å². The number of thiophene rings is 1. The van der Waals surface area contributed by atoms with Crippen LogP contribution in [0.1, 0.15) is 15.9 Å². The van der Waals surface area contributed by atoms with Crippen LogP contribution >= 0.6 is 22.9 Å². The topological polar surface area (TPSA) is 106 Å².